The monoisotopic (exact) mass is 198 g/mol. The summed E-state index contributed by atoms with van der Waals surface area (Å²) in [6, 6.07) is 0. The number of hydrogen-bond acceptors (Lipinski definition) is 3. The Morgan fingerprint density at radius 2 is 1.86 bits per heavy atom. The maximum absolute atomic E-state index is 10.9. The third-order valence-electron chi connectivity index (χ3n) is 3.46. The van der Waals surface area contributed by atoms with Gasteiger partial charge in [-0.1, -0.05) is 19.8 Å². The second-order valence-corrected chi connectivity index (χ2v) is 4.56. The number of ether oxygens (including phenoxy) is 2. The molecular formula is C11H18O3. The van der Waals surface area contributed by atoms with Gasteiger partial charge < -0.3 is 9.47 Å². The first-order valence-electron chi connectivity index (χ1n) is 5.59. The van der Waals surface area contributed by atoms with Gasteiger partial charge in [-0.25, -0.2) is 4.79 Å². The smallest absolute Gasteiger partial charge is 0.434 e. The molecule has 1 aliphatic carbocycles. The summed E-state index contributed by atoms with van der Waals surface area (Å²) in [7, 11) is 0. The molecule has 0 aromatic carbocycles. The third-order valence-corrected chi connectivity index (χ3v) is 3.46. The van der Waals surface area contributed by atoms with Crippen LogP contribution in [-0.4, -0.2) is 18.9 Å². The van der Waals surface area contributed by atoms with Gasteiger partial charge >= 0.3 is 6.16 Å². The van der Waals surface area contributed by atoms with Crippen molar-refractivity contribution in [1.82, 2.24) is 0 Å². The quantitative estimate of drug-likeness (QED) is 0.608. The summed E-state index contributed by atoms with van der Waals surface area (Å²) in [5.74, 6) is 1.43. The van der Waals surface area contributed by atoms with Crippen molar-refractivity contribution in [3.63, 3.8) is 0 Å². The lowest BCUT2D eigenvalue weighted by Crippen LogP contribution is -2.35. The molecule has 1 atom stereocenters. The van der Waals surface area contributed by atoms with Crippen molar-refractivity contribution in [3.8, 4) is 0 Å². The molecule has 3 nitrogen and oxygen atoms in total. The summed E-state index contributed by atoms with van der Waals surface area (Å²) in [5.41, 5.74) is 0. The first kappa shape index (κ1) is 9.81. The molecule has 0 radical (unpaired) electrons. The van der Waals surface area contributed by atoms with Gasteiger partial charge in [0.25, 0.3) is 0 Å². The normalized spacial score (nSPS) is 38.6. The number of hydrogen-bond donors (Lipinski definition) is 0. The van der Waals surface area contributed by atoms with Gasteiger partial charge in [-0.15, -0.1) is 0 Å². The molecule has 1 unspecified atom stereocenters. The van der Waals surface area contributed by atoms with Gasteiger partial charge in [0.1, 0.15) is 6.10 Å². The Balaban J connectivity index is 1.85. The van der Waals surface area contributed by atoms with Crippen LogP contribution >= 0.6 is 0 Å². The largest absolute Gasteiger partial charge is 0.508 e. The van der Waals surface area contributed by atoms with Gasteiger partial charge in [-0.3, -0.25) is 0 Å². The molecule has 0 aromatic heterocycles. The zero-order valence-electron chi connectivity index (χ0n) is 8.70. The first-order chi connectivity index (χ1) is 6.75. The van der Waals surface area contributed by atoms with Crippen LogP contribution in [0.5, 0.6) is 0 Å². The van der Waals surface area contributed by atoms with Crippen LogP contribution in [0.15, 0.2) is 0 Å². The number of carbonyl (C=O) groups is 1. The molecule has 2 fully saturated rings. The fraction of sp³-hybridized carbons (Fsp3) is 0.909. The van der Waals surface area contributed by atoms with Crippen molar-refractivity contribution in [2.45, 2.75) is 45.1 Å². The van der Waals surface area contributed by atoms with Crippen LogP contribution in [0.25, 0.3) is 0 Å². The number of cyclic esters (lactones) is 2. The highest BCUT2D eigenvalue weighted by Crippen LogP contribution is 2.33. The van der Waals surface area contributed by atoms with E-state index in [0.717, 1.165) is 12.3 Å². The molecule has 1 saturated carbocycles. The second-order valence-electron chi connectivity index (χ2n) is 4.56. The predicted molar refractivity (Wildman–Crippen MR) is 52.0 cm³/mol. The molecule has 1 saturated heterocycles. The van der Waals surface area contributed by atoms with Crippen LogP contribution in [-0.2, 0) is 9.47 Å². The van der Waals surface area contributed by atoms with Crippen molar-refractivity contribution in [2.24, 2.45) is 11.8 Å². The van der Waals surface area contributed by atoms with Crippen LogP contribution in [0, 0.1) is 11.8 Å². The fourth-order valence-electron chi connectivity index (χ4n) is 2.46. The molecule has 3 heteroatoms. The van der Waals surface area contributed by atoms with Crippen molar-refractivity contribution in [2.75, 3.05) is 6.61 Å². The Kier molecular flexibility index (Phi) is 2.94. The number of carbonyl (C=O) groups excluding carboxylic acids is 1. The van der Waals surface area contributed by atoms with Gasteiger partial charge in [0, 0.05) is 6.42 Å². The molecule has 14 heavy (non-hydrogen) atoms. The summed E-state index contributed by atoms with van der Waals surface area (Å²) in [6.07, 6.45) is 5.51. The summed E-state index contributed by atoms with van der Waals surface area (Å²) >= 11 is 0. The lowest BCUT2D eigenvalue weighted by atomic mass is 9.79. The topological polar surface area (TPSA) is 35.5 Å². The molecule has 1 heterocycles. The minimum absolute atomic E-state index is 0.128. The zero-order valence-corrected chi connectivity index (χ0v) is 8.70. The molecule has 0 amide bonds. The average Bonchev–Trinajstić information content (AvgIpc) is 2.19. The first-order valence-corrected chi connectivity index (χ1v) is 5.59. The highest BCUT2D eigenvalue weighted by atomic mass is 16.7. The Hall–Kier alpha value is -0.730. The minimum atomic E-state index is -0.472. The summed E-state index contributed by atoms with van der Waals surface area (Å²) < 4.78 is 9.96. The van der Waals surface area contributed by atoms with E-state index in [9.17, 15) is 4.79 Å². The number of rotatable bonds is 1. The molecule has 80 valence electrons. The van der Waals surface area contributed by atoms with Crippen molar-refractivity contribution in [3.05, 3.63) is 0 Å². The summed E-state index contributed by atoms with van der Waals surface area (Å²) in [5, 5.41) is 0. The van der Waals surface area contributed by atoms with E-state index in [4.69, 9.17) is 9.47 Å². The van der Waals surface area contributed by atoms with Crippen LogP contribution < -0.4 is 0 Å². The molecular weight excluding hydrogens is 180 g/mol. The minimum Gasteiger partial charge on any atom is -0.434 e. The van der Waals surface area contributed by atoms with E-state index in [2.05, 4.69) is 6.92 Å². The molecule has 2 rings (SSSR count). The Labute approximate surface area is 84.8 Å². The average molecular weight is 198 g/mol. The van der Waals surface area contributed by atoms with Gasteiger partial charge in [-0.2, -0.15) is 0 Å². The standard InChI is InChI=1S/C11H18O3/c1-8-2-4-9(5-3-8)10-6-7-13-11(12)14-10/h8-10H,2-7H2,1H3. The lowest BCUT2D eigenvalue weighted by molar-refractivity contribution is -0.0519. The van der Waals surface area contributed by atoms with Crippen LogP contribution in [0.1, 0.15) is 39.0 Å². The van der Waals surface area contributed by atoms with Crippen molar-refractivity contribution >= 4 is 6.16 Å². The maximum Gasteiger partial charge on any atom is 0.508 e. The molecule has 0 bridgehead atoms. The maximum atomic E-state index is 10.9. The van der Waals surface area contributed by atoms with Crippen LogP contribution in [0.4, 0.5) is 4.79 Å². The Morgan fingerprint density at radius 3 is 2.50 bits per heavy atom. The van der Waals surface area contributed by atoms with E-state index in [-0.39, 0.29) is 6.10 Å². The molecule has 0 N–H and O–H groups in total. The van der Waals surface area contributed by atoms with E-state index >= 15 is 0 Å². The van der Waals surface area contributed by atoms with Gasteiger partial charge in [0.05, 0.1) is 6.61 Å². The highest BCUT2D eigenvalue weighted by Gasteiger charge is 2.31. The van der Waals surface area contributed by atoms with E-state index in [0.29, 0.717) is 12.5 Å². The SMILES string of the molecule is CC1CCC(C2CCOC(=O)O2)CC1. The van der Waals surface area contributed by atoms with Crippen LogP contribution in [0.3, 0.4) is 0 Å². The van der Waals surface area contributed by atoms with E-state index in [1.165, 1.54) is 25.7 Å². The van der Waals surface area contributed by atoms with Gasteiger partial charge in [0.2, 0.25) is 0 Å². The van der Waals surface area contributed by atoms with E-state index < -0.39 is 6.16 Å². The van der Waals surface area contributed by atoms with Gasteiger partial charge in [-0.05, 0) is 24.7 Å². The predicted octanol–water partition coefficient (Wildman–Crippen LogP) is 2.74. The van der Waals surface area contributed by atoms with E-state index in [1.807, 2.05) is 0 Å². The van der Waals surface area contributed by atoms with Crippen LogP contribution in [0.2, 0.25) is 0 Å². The summed E-state index contributed by atoms with van der Waals surface area (Å²) in [6.45, 7) is 2.84. The highest BCUT2D eigenvalue weighted by molar-refractivity contribution is 5.60. The summed E-state index contributed by atoms with van der Waals surface area (Å²) in [4.78, 5) is 10.9. The zero-order chi connectivity index (χ0) is 9.97. The second kappa shape index (κ2) is 4.20. The molecule has 2 aliphatic rings. The van der Waals surface area contributed by atoms with Gasteiger partial charge in [0.15, 0.2) is 0 Å². The third kappa shape index (κ3) is 2.20. The molecule has 0 spiro atoms. The Bertz CT molecular complexity index is 207. The molecule has 1 aliphatic heterocycles. The fourth-order valence-corrected chi connectivity index (χ4v) is 2.46. The van der Waals surface area contributed by atoms with Crippen molar-refractivity contribution in [1.29, 1.82) is 0 Å². The van der Waals surface area contributed by atoms with E-state index in [1.54, 1.807) is 0 Å². The van der Waals surface area contributed by atoms with Crippen molar-refractivity contribution < 1.29 is 14.3 Å². The molecule has 0 aromatic rings. The lowest BCUT2D eigenvalue weighted by Gasteiger charge is -2.33. The Morgan fingerprint density at radius 1 is 1.14 bits per heavy atom.